The number of primary amides is 1. The van der Waals surface area contributed by atoms with E-state index in [1.54, 1.807) is 13.2 Å². The number of halogens is 1. The third-order valence-electron chi connectivity index (χ3n) is 7.29. The van der Waals surface area contributed by atoms with Gasteiger partial charge in [0.1, 0.15) is 17.8 Å². The molecule has 0 saturated heterocycles. The third-order valence-corrected chi connectivity index (χ3v) is 7.29. The Labute approximate surface area is 244 Å². The molecular weight excluding hydrogens is 539 g/mol. The maximum absolute atomic E-state index is 14.5. The molecule has 3 heterocycles. The van der Waals surface area contributed by atoms with Gasteiger partial charge in [0.05, 0.1) is 36.7 Å². The minimum absolute atomic E-state index is 0.0400. The number of carbonyl (C=O) groups is 2. The molecule has 2 atom stereocenters. The van der Waals surface area contributed by atoms with Gasteiger partial charge in [-0.15, -0.1) is 0 Å². The van der Waals surface area contributed by atoms with Crippen molar-refractivity contribution in [2.24, 2.45) is 10.7 Å². The van der Waals surface area contributed by atoms with E-state index in [0.29, 0.717) is 37.7 Å². The van der Waals surface area contributed by atoms with Crippen molar-refractivity contribution >= 4 is 23.5 Å². The fraction of sp³-hybridized carbons (Fsp3) is 0.367. The lowest BCUT2D eigenvalue weighted by molar-refractivity contribution is -0.130. The van der Waals surface area contributed by atoms with E-state index < -0.39 is 17.9 Å². The van der Waals surface area contributed by atoms with Gasteiger partial charge in [-0.05, 0) is 56.8 Å². The number of likely N-dealkylation sites (N-methyl/N-ethyl adjacent to an activating group) is 1. The molecule has 6 N–H and O–H groups in total. The Kier molecular flexibility index (Phi) is 8.49. The first kappa shape index (κ1) is 28.8. The SMILES string of the molecule is COC1=CC2=C(C=CC(NC3=NC(Nc4cccc(F)c4C(N)=O)C4=C(NC#CC4)N3)C1)N(C(=O)CN(C)C)CCC2. The van der Waals surface area contributed by atoms with Gasteiger partial charge in [-0.3, -0.25) is 9.59 Å². The Bertz CT molecular complexity index is 1500. The topological polar surface area (TPSA) is 136 Å². The van der Waals surface area contributed by atoms with Gasteiger partial charge < -0.3 is 41.5 Å². The number of rotatable bonds is 7. The summed E-state index contributed by atoms with van der Waals surface area (Å²) >= 11 is 0. The number of nitrogens with zero attached hydrogens (tertiary/aromatic N) is 3. The third kappa shape index (κ3) is 6.26. The molecule has 0 bridgehead atoms. The van der Waals surface area contributed by atoms with Crippen LogP contribution in [0.25, 0.3) is 0 Å². The summed E-state index contributed by atoms with van der Waals surface area (Å²) in [6.45, 7) is 0.973. The quantitative estimate of drug-likeness (QED) is 0.311. The van der Waals surface area contributed by atoms with E-state index in [-0.39, 0.29) is 23.2 Å². The van der Waals surface area contributed by atoms with Crippen molar-refractivity contribution in [3.05, 3.63) is 76.2 Å². The van der Waals surface area contributed by atoms with Crippen LogP contribution in [0.5, 0.6) is 0 Å². The number of methoxy groups -OCH3 is 1. The number of carbonyl (C=O) groups excluding carboxylic acids is 2. The summed E-state index contributed by atoms with van der Waals surface area (Å²) in [5.74, 6) is 3.29. The Morgan fingerprint density at radius 1 is 1.31 bits per heavy atom. The minimum atomic E-state index is -0.879. The second-order valence-corrected chi connectivity index (χ2v) is 10.6. The van der Waals surface area contributed by atoms with Crippen LogP contribution in [0.4, 0.5) is 10.1 Å². The van der Waals surface area contributed by atoms with Crippen LogP contribution >= 0.6 is 0 Å². The standard InChI is InChI=1S/C30H35FN8O3/c1-38(2)17-25(40)39-14-6-7-18-15-20(42-3)16-19(11-12-24(18)39)34-30-36-28-21(8-5-13-33-28)29(37-30)35-23-10-4-9-22(31)26(23)27(32)41/h4,9-12,15,19,29,33,35H,6-8,14,16-17H2,1-3H3,(H2,32,41)(H2,34,36,37). The fourth-order valence-electron chi connectivity index (χ4n) is 5.32. The molecular formula is C30H35FN8O3. The number of hydrogen-bond acceptors (Lipinski definition) is 9. The highest BCUT2D eigenvalue weighted by Crippen LogP contribution is 2.29. The van der Waals surface area contributed by atoms with E-state index >= 15 is 0 Å². The maximum Gasteiger partial charge on any atom is 0.253 e. The first-order valence-electron chi connectivity index (χ1n) is 13.8. The molecule has 0 saturated carbocycles. The Balaban J connectivity index is 1.42. The van der Waals surface area contributed by atoms with Gasteiger partial charge in [-0.1, -0.05) is 18.1 Å². The number of anilines is 1. The van der Waals surface area contributed by atoms with Gasteiger partial charge in [-0.2, -0.15) is 0 Å². The average Bonchev–Trinajstić information content (AvgIpc) is 2.94. The molecule has 11 nitrogen and oxygen atoms in total. The summed E-state index contributed by atoms with van der Waals surface area (Å²) in [5, 5.41) is 12.9. The smallest absolute Gasteiger partial charge is 0.253 e. The average molecular weight is 575 g/mol. The van der Waals surface area contributed by atoms with Gasteiger partial charge in [0.15, 0.2) is 5.96 Å². The van der Waals surface area contributed by atoms with E-state index in [2.05, 4.69) is 33.2 Å². The molecule has 0 aromatic heterocycles. The summed E-state index contributed by atoms with van der Waals surface area (Å²) in [6, 6.07) is 6.89. The highest BCUT2D eigenvalue weighted by Gasteiger charge is 2.29. The number of aliphatic imine (C=N–C) groups is 1. The Hall–Kier alpha value is -4.76. The Morgan fingerprint density at radius 3 is 2.90 bits per heavy atom. The van der Waals surface area contributed by atoms with Gasteiger partial charge in [0.2, 0.25) is 5.91 Å². The van der Waals surface area contributed by atoms with E-state index in [9.17, 15) is 14.0 Å². The molecule has 3 aliphatic heterocycles. The second kappa shape index (κ2) is 12.4. The number of benzene rings is 1. The Morgan fingerprint density at radius 2 is 2.14 bits per heavy atom. The molecule has 42 heavy (non-hydrogen) atoms. The van der Waals surface area contributed by atoms with Crippen molar-refractivity contribution in [1.29, 1.82) is 0 Å². The summed E-state index contributed by atoms with van der Waals surface area (Å²) in [4.78, 5) is 33.6. The zero-order chi connectivity index (χ0) is 29.8. The number of guanidine groups is 1. The summed E-state index contributed by atoms with van der Waals surface area (Å²) in [6.07, 6.45) is 8.04. The second-order valence-electron chi connectivity index (χ2n) is 10.6. The molecule has 1 aromatic rings. The molecule has 1 aromatic carbocycles. The molecule has 0 spiro atoms. The number of allylic oxidation sites excluding steroid dienone is 3. The van der Waals surface area contributed by atoms with Crippen LogP contribution in [0, 0.1) is 17.8 Å². The molecule has 0 fully saturated rings. The molecule has 1 aliphatic carbocycles. The molecule has 2 amide bonds. The zero-order valence-electron chi connectivity index (χ0n) is 23.9. The largest absolute Gasteiger partial charge is 0.501 e. The normalized spacial score (nSPS) is 21.3. The lowest BCUT2D eigenvalue weighted by atomic mass is 9.96. The van der Waals surface area contributed by atoms with Crippen LogP contribution in [0.1, 0.15) is 36.0 Å². The summed E-state index contributed by atoms with van der Waals surface area (Å²) < 4.78 is 20.2. The van der Waals surface area contributed by atoms with Crippen LogP contribution in [-0.2, 0) is 9.53 Å². The molecule has 12 heteroatoms. The van der Waals surface area contributed by atoms with Crippen LogP contribution in [0.3, 0.4) is 0 Å². The predicted molar refractivity (Wildman–Crippen MR) is 158 cm³/mol. The van der Waals surface area contributed by atoms with E-state index in [1.165, 1.54) is 12.1 Å². The number of amides is 2. The zero-order valence-corrected chi connectivity index (χ0v) is 23.9. The van der Waals surface area contributed by atoms with Crippen molar-refractivity contribution in [2.75, 3.05) is 39.6 Å². The first-order valence-corrected chi connectivity index (χ1v) is 13.8. The van der Waals surface area contributed by atoms with Gasteiger partial charge in [-0.25, -0.2) is 9.38 Å². The van der Waals surface area contributed by atoms with Gasteiger partial charge in [0, 0.05) is 36.7 Å². The molecule has 2 unspecified atom stereocenters. The lowest BCUT2D eigenvalue weighted by Gasteiger charge is -2.33. The van der Waals surface area contributed by atoms with E-state index in [4.69, 9.17) is 15.5 Å². The summed E-state index contributed by atoms with van der Waals surface area (Å²) in [5.41, 5.74) is 8.21. The van der Waals surface area contributed by atoms with Crippen molar-refractivity contribution in [3.63, 3.8) is 0 Å². The van der Waals surface area contributed by atoms with Gasteiger partial charge in [0.25, 0.3) is 5.91 Å². The van der Waals surface area contributed by atoms with Crippen molar-refractivity contribution in [2.45, 2.75) is 37.9 Å². The monoisotopic (exact) mass is 574 g/mol. The first-order chi connectivity index (χ1) is 20.2. The predicted octanol–water partition coefficient (Wildman–Crippen LogP) is 1.67. The van der Waals surface area contributed by atoms with Crippen LogP contribution in [0.15, 0.2) is 69.8 Å². The maximum atomic E-state index is 14.5. The highest BCUT2D eigenvalue weighted by molar-refractivity contribution is 5.99. The minimum Gasteiger partial charge on any atom is -0.501 e. The van der Waals surface area contributed by atoms with Crippen molar-refractivity contribution in [3.8, 4) is 12.0 Å². The molecule has 0 radical (unpaired) electrons. The van der Waals surface area contributed by atoms with E-state index in [1.807, 2.05) is 42.1 Å². The molecule has 4 aliphatic rings. The highest BCUT2D eigenvalue weighted by atomic mass is 19.1. The molecule has 220 valence electrons. The number of nitrogens with one attached hydrogen (secondary N) is 4. The van der Waals surface area contributed by atoms with Crippen molar-refractivity contribution < 1.29 is 18.7 Å². The summed E-state index contributed by atoms with van der Waals surface area (Å²) in [7, 11) is 5.40. The van der Waals surface area contributed by atoms with Crippen molar-refractivity contribution in [1.82, 2.24) is 25.8 Å². The molecule has 5 rings (SSSR count). The number of ether oxygens (including phenoxy) is 1. The van der Waals surface area contributed by atoms with E-state index in [0.717, 1.165) is 35.4 Å². The fourth-order valence-corrected chi connectivity index (χ4v) is 5.32. The van der Waals surface area contributed by atoms with Gasteiger partial charge >= 0.3 is 0 Å². The lowest BCUT2D eigenvalue weighted by Crippen LogP contribution is -2.50. The number of nitrogens with two attached hydrogens (primary N) is 1. The number of hydrogen-bond donors (Lipinski definition) is 5. The van der Waals surface area contributed by atoms with Crippen LogP contribution in [-0.4, -0.2) is 74.1 Å². The van der Waals surface area contributed by atoms with Crippen LogP contribution < -0.4 is 27.0 Å². The van der Waals surface area contributed by atoms with Crippen LogP contribution in [0.2, 0.25) is 0 Å².